The molecule has 5 aromatic rings. The van der Waals surface area contributed by atoms with E-state index in [-0.39, 0.29) is 30.6 Å². The van der Waals surface area contributed by atoms with Gasteiger partial charge in [0, 0.05) is 37.7 Å². The minimum absolute atomic E-state index is 0.237. The first kappa shape index (κ1) is 31.2. The number of benzene rings is 2. The summed E-state index contributed by atoms with van der Waals surface area (Å²) in [7, 11) is -1.21. The van der Waals surface area contributed by atoms with Crippen LogP contribution in [0.15, 0.2) is 70.3 Å². The highest BCUT2D eigenvalue weighted by atomic mass is 28.3. The van der Waals surface area contributed by atoms with Crippen molar-refractivity contribution in [3.05, 3.63) is 77.0 Å². The maximum absolute atomic E-state index is 13.9. The predicted octanol–water partition coefficient (Wildman–Crippen LogP) is 6.83. The fourth-order valence-corrected chi connectivity index (χ4v) is 5.64. The maximum Gasteiger partial charge on any atom is 0.326 e. The van der Waals surface area contributed by atoms with Crippen molar-refractivity contribution in [1.82, 2.24) is 19.3 Å². The van der Waals surface area contributed by atoms with Gasteiger partial charge >= 0.3 is 5.97 Å². The average Bonchev–Trinajstić information content (AvgIpc) is 3.56. The Labute approximate surface area is 258 Å². The van der Waals surface area contributed by atoms with Crippen LogP contribution < -0.4 is 10.9 Å². The molecule has 0 radical (unpaired) electrons. The van der Waals surface area contributed by atoms with Crippen LogP contribution in [0.5, 0.6) is 0 Å². The fourth-order valence-electron chi connectivity index (χ4n) is 4.89. The molecule has 0 amide bonds. The van der Waals surface area contributed by atoms with Crippen LogP contribution in [-0.4, -0.2) is 45.6 Å². The van der Waals surface area contributed by atoms with Gasteiger partial charge in [-0.15, -0.1) is 0 Å². The number of aromatic nitrogens is 4. The van der Waals surface area contributed by atoms with Gasteiger partial charge in [-0.05, 0) is 57.5 Å². The zero-order chi connectivity index (χ0) is 31.6. The molecule has 1 atom stereocenters. The van der Waals surface area contributed by atoms with Crippen molar-refractivity contribution in [3.8, 4) is 11.4 Å². The molecular weight excluding hydrogens is 574 g/mol. The Bertz CT molecular complexity index is 1840. The second-order valence-electron chi connectivity index (χ2n) is 13.3. The first-order chi connectivity index (χ1) is 20.8. The zero-order valence-electron chi connectivity index (χ0n) is 26.5. The van der Waals surface area contributed by atoms with Gasteiger partial charge in [-0.1, -0.05) is 43.9 Å². The second-order valence-corrected chi connectivity index (χ2v) is 18.9. The fraction of sp³-hybridized carbons (Fsp3) is 0.394. The van der Waals surface area contributed by atoms with Crippen LogP contribution in [0, 0.1) is 0 Å². The highest BCUT2D eigenvalue weighted by Gasteiger charge is 2.22. The van der Waals surface area contributed by atoms with E-state index < -0.39 is 19.6 Å². The number of esters is 1. The molecule has 3 heterocycles. The van der Waals surface area contributed by atoms with Gasteiger partial charge in [0.05, 0.1) is 18.0 Å². The van der Waals surface area contributed by atoms with E-state index in [0.717, 1.165) is 33.5 Å². The Morgan fingerprint density at radius 3 is 2.57 bits per heavy atom. The maximum atomic E-state index is 13.9. The Morgan fingerprint density at radius 2 is 1.82 bits per heavy atom. The summed E-state index contributed by atoms with van der Waals surface area (Å²) in [5, 5.41) is 9.74. The van der Waals surface area contributed by atoms with E-state index in [1.54, 1.807) is 37.8 Å². The molecule has 44 heavy (non-hydrogen) atoms. The Hall–Kier alpha value is -4.22. The molecule has 0 saturated carbocycles. The van der Waals surface area contributed by atoms with E-state index in [4.69, 9.17) is 13.9 Å². The third-order valence-corrected chi connectivity index (χ3v) is 8.84. The first-order valence-electron chi connectivity index (χ1n) is 14.9. The molecule has 0 aliphatic rings. The van der Waals surface area contributed by atoms with Crippen LogP contribution in [0.2, 0.25) is 25.7 Å². The van der Waals surface area contributed by atoms with Crippen LogP contribution in [0.1, 0.15) is 39.3 Å². The van der Waals surface area contributed by atoms with Gasteiger partial charge in [-0.3, -0.25) is 14.2 Å². The van der Waals surface area contributed by atoms with Gasteiger partial charge in [0.15, 0.2) is 0 Å². The van der Waals surface area contributed by atoms with E-state index in [0.29, 0.717) is 18.0 Å². The molecule has 0 fully saturated rings. The second kappa shape index (κ2) is 12.4. The van der Waals surface area contributed by atoms with E-state index in [1.807, 2.05) is 43.3 Å². The topological polar surface area (TPSA) is 113 Å². The number of rotatable bonds is 11. The lowest BCUT2D eigenvalue weighted by Gasteiger charge is -2.21. The molecule has 0 aliphatic carbocycles. The zero-order valence-corrected chi connectivity index (χ0v) is 27.5. The predicted molar refractivity (Wildman–Crippen MR) is 175 cm³/mol. The third kappa shape index (κ3) is 7.46. The van der Waals surface area contributed by atoms with E-state index >= 15 is 0 Å². The van der Waals surface area contributed by atoms with Crippen LogP contribution in [0.25, 0.3) is 33.3 Å². The van der Waals surface area contributed by atoms with Crippen molar-refractivity contribution in [1.29, 1.82) is 0 Å². The number of hydrogen-bond donors (Lipinski definition) is 1. The number of furan rings is 1. The summed E-state index contributed by atoms with van der Waals surface area (Å²) < 4.78 is 20.3. The lowest BCUT2D eigenvalue weighted by molar-refractivity contribution is -0.155. The van der Waals surface area contributed by atoms with Crippen molar-refractivity contribution >= 4 is 41.7 Å². The van der Waals surface area contributed by atoms with Crippen LogP contribution in [-0.2, 0) is 27.5 Å². The van der Waals surface area contributed by atoms with Crippen molar-refractivity contribution < 1.29 is 18.7 Å². The summed E-state index contributed by atoms with van der Waals surface area (Å²) in [5.74, 6) is -0.217. The van der Waals surface area contributed by atoms with Crippen LogP contribution in [0.3, 0.4) is 0 Å². The molecule has 232 valence electrons. The molecule has 2 aromatic carbocycles. The summed E-state index contributed by atoms with van der Waals surface area (Å²) in [6.07, 6.45) is 4.89. The summed E-state index contributed by atoms with van der Waals surface area (Å²) in [5.41, 5.74) is 2.37. The van der Waals surface area contributed by atoms with E-state index in [1.165, 1.54) is 10.8 Å². The highest BCUT2D eigenvalue weighted by molar-refractivity contribution is 6.76. The van der Waals surface area contributed by atoms with Crippen LogP contribution in [0.4, 0.5) is 5.69 Å². The molecule has 3 aromatic heterocycles. The highest BCUT2D eigenvalue weighted by Crippen LogP contribution is 2.31. The summed E-state index contributed by atoms with van der Waals surface area (Å²) in [6.45, 7) is 14.9. The van der Waals surface area contributed by atoms with E-state index in [2.05, 4.69) is 41.1 Å². The normalized spacial score (nSPS) is 13.0. The molecule has 0 unspecified atom stereocenters. The summed E-state index contributed by atoms with van der Waals surface area (Å²) >= 11 is 0. The number of ether oxygens (including phenoxy) is 2. The van der Waals surface area contributed by atoms with Crippen molar-refractivity contribution in [3.63, 3.8) is 0 Å². The minimum atomic E-state index is -1.21. The number of nitrogens with zero attached hydrogens (tertiary/aromatic N) is 4. The molecule has 1 N–H and O–H groups in total. The number of carbonyl (C=O) groups is 1. The van der Waals surface area contributed by atoms with Crippen molar-refractivity contribution in [2.75, 3.05) is 11.9 Å². The third-order valence-electron chi connectivity index (χ3n) is 7.14. The number of nitrogens with one attached hydrogen (secondary N) is 1. The Kier molecular flexibility index (Phi) is 8.80. The average molecular weight is 616 g/mol. The smallest absolute Gasteiger partial charge is 0.326 e. The minimum Gasteiger partial charge on any atom is -0.459 e. The van der Waals surface area contributed by atoms with Crippen LogP contribution >= 0.6 is 0 Å². The molecule has 0 bridgehead atoms. The molecule has 0 saturated heterocycles. The molecule has 0 aliphatic heterocycles. The summed E-state index contributed by atoms with van der Waals surface area (Å²) in [4.78, 5) is 31.4. The van der Waals surface area contributed by atoms with Gasteiger partial charge in [0.2, 0.25) is 0 Å². The number of carbonyl (C=O) groups excluding carboxylic acids is 1. The molecular formula is C33H41N5O5Si. The van der Waals surface area contributed by atoms with Gasteiger partial charge in [0.1, 0.15) is 41.6 Å². The molecule has 0 spiro atoms. The van der Waals surface area contributed by atoms with Crippen molar-refractivity contribution in [2.24, 2.45) is 0 Å². The monoisotopic (exact) mass is 615 g/mol. The standard InChI is InChI=1S/C33H41N5O5Si/c1-22(23-12-13-29-26(16-23)25-10-8-9-11-28(25)42-29)36-27-18-34-31(38(32(27)40)20-30(39)43-33(2,3)4)24-17-35-37(19-24)21-41-14-15-44(5,6)7/h8-13,16-19,22,36H,14-15,20-21H2,1-7H3/t22-/m1/s1. The van der Waals surface area contributed by atoms with Crippen molar-refractivity contribution in [2.45, 2.75) is 78.3 Å². The number of hydrogen-bond acceptors (Lipinski definition) is 8. The molecule has 5 rings (SSSR count). The first-order valence-corrected chi connectivity index (χ1v) is 18.6. The van der Waals surface area contributed by atoms with Gasteiger partial charge < -0.3 is 19.2 Å². The quantitative estimate of drug-likeness (QED) is 0.0977. The lowest BCUT2D eigenvalue weighted by Crippen LogP contribution is -2.33. The van der Waals surface area contributed by atoms with E-state index in [9.17, 15) is 9.59 Å². The Balaban J connectivity index is 1.42. The lowest BCUT2D eigenvalue weighted by atomic mass is 10.0. The number of anilines is 1. The number of fused-ring (bicyclic) bond motifs is 3. The molecule has 11 heteroatoms. The largest absolute Gasteiger partial charge is 0.459 e. The molecule has 10 nitrogen and oxygen atoms in total. The number of para-hydroxylation sites is 1. The SMILES string of the molecule is C[C@@H](Nc1cnc(-c2cnn(COCC[Si](C)(C)C)c2)n(CC(=O)OC(C)(C)C)c1=O)c1ccc2oc3ccccc3c2c1. The van der Waals surface area contributed by atoms with Gasteiger partial charge in [-0.2, -0.15) is 5.10 Å². The Morgan fingerprint density at radius 1 is 1.07 bits per heavy atom. The summed E-state index contributed by atoms with van der Waals surface area (Å²) in [6, 6.07) is 14.7. The van der Waals surface area contributed by atoms with Gasteiger partial charge in [0.25, 0.3) is 5.56 Å². The van der Waals surface area contributed by atoms with Gasteiger partial charge in [-0.25, -0.2) is 9.67 Å².